The average Bonchev–Trinajstić information content (AvgIpc) is 2.25. The number of benzene rings is 1. The Morgan fingerprint density at radius 1 is 1.28 bits per heavy atom. The Balaban J connectivity index is 2.96. The highest BCUT2D eigenvalue weighted by Crippen LogP contribution is 2.20. The number of sulfonamides is 1. The molecule has 0 saturated carbocycles. The highest BCUT2D eigenvalue weighted by atomic mass is 32.2. The SMILES string of the molecule is COc1ccc(S(=O)(=O)NOC(C)(C)C)cc1F. The van der Waals surface area contributed by atoms with E-state index < -0.39 is 21.4 Å². The predicted octanol–water partition coefficient (Wildman–Crippen LogP) is 1.84. The van der Waals surface area contributed by atoms with Gasteiger partial charge in [-0.3, -0.25) is 4.84 Å². The van der Waals surface area contributed by atoms with E-state index in [4.69, 9.17) is 9.57 Å². The van der Waals surface area contributed by atoms with Crippen LogP contribution in [-0.4, -0.2) is 21.1 Å². The molecule has 1 aromatic carbocycles. The van der Waals surface area contributed by atoms with Crippen molar-refractivity contribution in [1.82, 2.24) is 4.89 Å². The number of ether oxygens (including phenoxy) is 1. The molecule has 0 aliphatic heterocycles. The van der Waals surface area contributed by atoms with Gasteiger partial charge in [0.25, 0.3) is 10.0 Å². The molecular formula is C11H16FNO4S. The maximum atomic E-state index is 13.4. The first-order valence-corrected chi connectivity index (χ1v) is 6.67. The van der Waals surface area contributed by atoms with Gasteiger partial charge in [-0.05, 0) is 39.0 Å². The first-order chi connectivity index (χ1) is 8.15. The van der Waals surface area contributed by atoms with Gasteiger partial charge in [0.15, 0.2) is 11.6 Å². The molecule has 1 N–H and O–H groups in total. The Morgan fingerprint density at radius 2 is 1.89 bits per heavy atom. The van der Waals surface area contributed by atoms with Crippen LogP contribution in [0.1, 0.15) is 20.8 Å². The molecule has 5 nitrogen and oxygen atoms in total. The molecule has 0 radical (unpaired) electrons. The maximum Gasteiger partial charge on any atom is 0.262 e. The summed E-state index contributed by atoms with van der Waals surface area (Å²) in [6, 6.07) is 3.34. The van der Waals surface area contributed by atoms with Gasteiger partial charge in [-0.1, -0.05) is 4.89 Å². The van der Waals surface area contributed by atoms with Crippen LogP contribution in [0.15, 0.2) is 23.1 Å². The topological polar surface area (TPSA) is 64.6 Å². The van der Waals surface area contributed by atoms with E-state index in [1.165, 1.54) is 19.2 Å². The van der Waals surface area contributed by atoms with Crippen molar-refractivity contribution in [2.45, 2.75) is 31.3 Å². The minimum Gasteiger partial charge on any atom is -0.494 e. The Kier molecular flexibility index (Phi) is 4.31. The normalized spacial score (nSPS) is 12.5. The summed E-state index contributed by atoms with van der Waals surface area (Å²) >= 11 is 0. The van der Waals surface area contributed by atoms with E-state index in [2.05, 4.69) is 0 Å². The predicted molar refractivity (Wildman–Crippen MR) is 64.1 cm³/mol. The lowest BCUT2D eigenvalue weighted by Crippen LogP contribution is -2.33. The summed E-state index contributed by atoms with van der Waals surface area (Å²) in [5.41, 5.74) is -0.682. The Bertz CT molecular complexity index is 522. The fraction of sp³-hybridized carbons (Fsp3) is 0.455. The molecule has 0 bridgehead atoms. The fourth-order valence-electron chi connectivity index (χ4n) is 1.04. The number of hydrogen-bond donors (Lipinski definition) is 1. The van der Waals surface area contributed by atoms with Crippen LogP contribution < -0.4 is 9.62 Å². The third-order valence-corrected chi connectivity index (χ3v) is 3.07. The van der Waals surface area contributed by atoms with Crippen molar-refractivity contribution in [2.75, 3.05) is 7.11 Å². The van der Waals surface area contributed by atoms with Crippen molar-refractivity contribution >= 4 is 10.0 Å². The Hall–Kier alpha value is -1.18. The second-order valence-electron chi connectivity index (χ2n) is 4.60. The van der Waals surface area contributed by atoms with Crippen LogP contribution in [-0.2, 0) is 14.9 Å². The van der Waals surface area contributed by atoms with E-state index in [-0.39, 0.29) is 10.6 Å². The monoisotopic (exact) mass is 277 g/mol. The van der Waals surface area contributed by atoms with Crippen molar-refractivity contribution in [3.8, 4) is 5.75 Å². The highest BCUT2D eigenvalue weighted by Gasteiger charge is 2.20. The molecule has 1 rings (SSSR count). The molecule has 0 amide bonds. The molecule has 0 unspecified atom stereocenters. The second-order valence-corrected chi connectivity index (χ2v) is 6.24. The van der Waals surface area contributed by atoms with Gasteiger partial charge < -0.3 is 4.74 Å². The number of methoxy groups -OCH3 is 1. The number of rotatable bonds is 4. The van der Waals surface area contributed by atoms with Gasteiger partial charge >= 0.3 is 0 Å². The molecule has 0 heterocycles. The van der Waals surface area contributed by atoms with E-state index in [1.807, 2.05) is 4.89 Å². The summed E-state index contributed by atoms with van der Waals surface area (Å²) in [6.45, 7) is 5.05. The van der Waals surface area contributed by atoms with Crippen LogP contribution in [0.25, 0.3) is 0 Å². The highest BCUT2D eigenvalue weighted by molar-refractivity contribution is 7.89. The summed E-state index contributed by atoms with van der Waals surface area (Å²) < 4.78 is 41.7. The molecule has 0 aliphatic carbocycles. The minimum absolute atomic E-state index is 0.0225. The van der Waals surface area contributed by atoms with Gasteiger partial charge in [-0.15, -0.1) is 0 Å². The van der Waals surface area contributed by atoms with Gasteiger partial charge in [-0.25, -0.2) is 12.8 Å². The molecule has 7 heteroatoms. The Labute approximate surface area is 106 Å². The second kappa shape index (κ2) is 5.21. The number of halogens is 1. The fourth-order valence-corrected chi connectivity index (χ4v) is 2.00. The van der Waals surface area contributed by atoms with Crippen molar-refractivity contribution in [3.63, 3.8) is 0 Å². The summed E-state index contributed by atoms with van der Waals surface area (Å²) in [7, 11) is -2.61. The van der Waals surface area contributed by atoms with E-state index in [0.29, 0.717) is 0 Å². The summed E-state index contributed by atoms with van der Waals surface area (Å²) in [5.74, 6) is -0.776. The lowest BCUT2D eigenvalue weighted by atomic mass is 10.2. The first kappa shape index (κ1) is 14.9. The van der Waals surface area contributed by atoms with Gasteiger partial charge in [0, 0.05) is 0 Å². The van der Waals surface area contributed by atoms with Crippen molar-refractivity contribution in [1.29, 1.82) is 0 Å². The number of hydrogen-bond acceptors (Lipinski definition) is 4. The van der Waals surface area contributed by atoms with Crippen molar-refractivity contribution < 1.29 is 22.4 Å². The van der Waals surface area contributed by atoms with Crippen LogP contribution >= 0.6 is 0 Å². The first-order valence-electron chi connectivity index (χ1n) is 5.19. The van der Waals surface area contributed by atoms with E-state index >= 15 is 0 Å². The lowest BCUT2D eigenvalue weighted by molar-refractivity contribution is -0.0357. The van der Waals surface area contributed by atoms with Gasteiger partial charge in [0.2, 0.25) is 0 Å². The minimum atomic E-state index is -3.91. The van der Waals surface area contributed by atoms with E-state index in [0.717, 1.165) is 6.07 Å². The third kappa shape index (κ3) is 3.94. The summed E-state index contributed by atoms with van der Waals surface area (Å²) in [5, 5.41) is 0. The maximum absolute atomic E-state index is 13.4. The van der Waals surface area contributed by atoms with Crippen molar-refractivity contribution in [3.05, 3.63) is 24.0 Å². The summed E-state index contributed by atoms with van der Waals surface area (Å²) in [4.78, 5) is 6.67. The molecule has 0 aromatic heterocycles. The smallest absolute Gasteiger partial charge is 0.262 e. The molecule has 0 saturated heterocycles. The molecular weight excluding hydrogens is 261 g/mol. The lowest BCUT2D eigenvalue weighted by Gasteiger charge is -2.19. The van der Waals surface area contributed by atoms with Gasteiger partial charge in [0.05, 0.1) is 17.6 Å². The van der Waals surface area contributed by atoms with Crippen LogP contribution in [0.3, 0.4) is 0 Å². The van der Waals surface area contributed by atoms with Crippen LogP contribution in [0.2, 0.25) is 0 Å². The van der Waals surface area contributed by atoms with Crippen LogP contribution in [0, 0.1) is 5.82 Å². The van der Waals surface area contributed by atoms with Gasteiger partial charge in [0.1, 0.15) is 0 Å². The molecule has 1 aromatic rings. The average molecular weight is 277 g/mol. The van der Waals surface area contributed by atoms with Gasteiger partial charge in [-0.2, -0.15) is 0 Å². The zero-order valence-corrected chi connectivity index (χ0v) is 11.5. The molecule has 18 heavy (non-hydrogen) atoms. The largest absolute Gasteiger partial charge is 0.494 e. The molecule has 102 valence electrons. The third-order valence-electron chi connectivity index (χ3n) is 1.89. The van der Waals surface area contributed by atoms with E-state index in [9.17, 15) is 12.8 Å². The van der Waals surface area contributed by atoms with Crippen LogP contribution in [0.4, 0.5) is 4.39 Å². The van der Waals surface area contributed by atoms with E-state index in [1.54, 1.807) is 20.8 Å². The molecule has 0 aliphatic rings. The zero-order chi connectivity index (χ0) is 14.0. The zero-order valence-electron chi connectivity index (χ0n) is 10.7. The molecule has 0 fully saturated rings. The Morgan fingerprint density at radius 3 is 2.33 bits per heavy atom. The standard InChI is InChI=1S/C11H16FNO4S/c1-11(2,3)17-13-18(14,15)8-5-6-10(16-4)9(12)7-8/h5-7,13H,1-4H3. The van der Waals surface area contributed by atoms with Crippen molar-refractivity contribution in [2.24, 2.45) is 0 Å². The molecule has 0 atom stereocenters. The quantitative estimate of drug-likeness (QED) is 0.853. The summed E-state index contributed by atoms with van der Waals surface area (Å²) in [6.07, 6.45) is 0. The molecule has 0 spiro atoms. The number of nitrogens with one attached hydrogen (secondary N) is 1. The van der Waals surface area contributed by atoms with Crippen LogP contribution in [0.5, 0.6) is 5.75 Å².